The molecule has 142 valence electrons. The lowest BCUT2D eigenvalue weighted by atomic mass is 9.88. The molecular weight excluding hydrogens is 351 g/mol. The molecule has 6 heteroatoms. The maximum atomic E-state index is 13.6. The van der Waals surface area contributed by atoms with Crippen LogP contribution in [0.1, 0.15) is 55.8 Å². The molecule has 4 nitrogen and oxygen atoms in total. The normalized spacial score (nSPS) is 23.8. The molecule has 1 heterocycles. The van der Waals surface area contributed by atoms with Crippen molar-refractivity contribution in [2.24, 2.45) is 5.92 Å². The minimum atomic E-state index is -0.478. The lowest BCUT2D eigenvalue weighted by Gasteiger charge is -2.35. The molecular formula is C20H27FN2O2S. The summed E-state index contributed by atoms with van der Waals surface area (Å²) in [6, 6.07) is 5.30. The maximum Gasteiger partial charge on any atom is 0.255 e. The molecule has 2 aliphatic rings. The molecule has 26 heavy (non-hydrogen) atoms. The zero-order chi connectivity index (χ0) is 18.5. The molecule has 3 rings (SSSR count). The predicted octanol–water partition coefficient (Wildman–Crippen LogP) is 3.82. The van der Waals surface area contributed by atoms with E-state index in [1.807, 2.05) is 6.92 Å². The van der Waals surface area contributed by atoms with Crippen LogP contribution in [0.4, 0.5) is 4.39 Å². The maximum absolute atomic E-state index is 13.6. The van der Waals surface area contributed by atoms with Crippen molar-refractivity contribution >= 4 is 23.6 Å². The fourth-order valence-corrected chi connectivity index (χ4v) is 5.54. The van der Waals surface area contributed by atoms with Crippen molar-refractivity contribution in [3.8, 4) is 0 Å². The number of carbonyl (C=O) groups is 2. The number of hydrogen-bond acceptors (Lipinski definition) is 3. The van der Waals surface area contributed by atoms with Crippen molar-refractivity contribution < 1.29 is 14.0 Å². The summed E-state index contributed by atoms with van der Waals surface area (Å²) in [5.74, 6) is 0.265. The van der Waals surface area contributed by atoms with Gasteiger partial charge in [0.1, 0.15) is 11.9 Å². The molecule has 0 aromatic heterocycles. The molecule has 1 saturated carbocycles. The Labute approximate surface area is 158 Å². The van der Waals surface area contributed by atoms with Crippen LogP contribution in [-0.4, -0.2) is 40.4 Å². The molecule has 2 amide bonds. The van der Waals surface area contributed by atoms with E-state index in [-0.39, 0.29) is 17.2 Å². The van der Waals surface area contributed by atoms with Crippen LogP contribution < -0.4 is 5.32 Å². The molecule has 1 aliphatic heterocycles. The van der Waals surface area contributed by atoms with Crippen molar-refractivity contribution in [1.29, 1.82) is 0 Å². The van der Waals surface area contributed by atoms with E-state index < -0.39 is 11.9 Å². The van der Waals surface area contributed by atoms with Gasteiger partial charge < -0.3 is 10.2 Å². The van der Waals surface area contributed by atoms with Crippen LogP contribution in [0.15, 0.2) is 24.3 Å². The Balaban J connectivity index is 1.85. The number of amides is 2. The van der Waals surface area contributed by atoms with Gasteiger partial charge in [-0.25, -0.2) is 4.39 Å². The topological polar surface area (TPSA) is 49.4 Å². The van der Waals surface area contributed by atoms with E-state index in [0.717, 1.165) is 19.3 Å². The van der Waals surface area contributed by atoms with Gasteiger partial charge in [-0.05, 0) is 43.4 Å². The summed E-state index contributed by atoms with van der Waals surface area (Å²) in [5.41, 5.74) is 0.321. The number of benzene rings is 1. The first-order valence-corrected chi connectivity index (χ1v) is 10.6. The Kier molecular flexibility index (Phi) is 6.57. The molecule has 2 atom stereocenters. The molecule has 1 aromatic rings. The molecule has 2 fully saturated rings. The average Bonchev–Trinajstić information content (AvgIpc) is 3.11. The largest absolute Gasteiger partial charge is 0.354 e. The highest BCUT2D eigenvalue weighted by Crippen LogP contribution is 2.41. The first-order chi connectivity index (χ1) is 12.6. The second-order valence-electron chi connectivity index (χ2n) is 7.15. The van der Waals surface area contributed by atoms with Gasteiger partial charge in [-0.1, -0.05) is 32.3 Å². The molecule has 1 aromatic carbocycles. The first kappa shape index (κ1) is 19.2. The molecule has 0 unspecified atom stereocenters. The van der Waals surface area contributed by atoms with Gasteiger partial charge in [0.15, 0.2) is 0 Å². The van der Waals surface area contributed by atoms with Gasteiger partial charge >= 0.3 is 0 Å². The van der Waals surface area contributed by atoms with Crippen LogP contribution in [0.5, 0.6) is 0 Å². The van der Waals surface area contributed by atoms with Gasteiger partial charge in [0.25, 0.3) is 5.91 Å². The summed E-state index contributed by atoms with van der Waals surface area (Å²) in [6.45, 7) is 2.61. The van der Waals surface area contributed by atoms with Crippen LogP contribution in [0.2, 0.25) is 0 Å². The molecule has 1 saturated heterocycles. The Hall–Kier alpha value is -1.56. The molecule has 0 bridgehead atoms. The number of halogens is 1. The minimum Gasteiger partial charge on any atom is -0.354 e. The van der Waals surface area contributed by atoms with Crippen LogP contribution in [0, 0.1) is 11.7 Å². The first-order valence-electron chi connectivity index (χ1n) is 9.59. The SMILES string of the molecule is CCCNC(=O)[C@@H]1CS[C@H](C2CCCCC2)N1C(=O)c1cccc(F)c1. The molecule has 0 spiro atoms. The second-order valence-corrected chi connectivity index (χ2v) is 8.30. The highest BCUT2D eigenvalue weighted by Gasteiger charge is 2.45. The average molecular weight is 379 g/mol. The number of hydrogen-bond donors (Lipinski definition) is 1. The van der Waals surface area contributed by atoms with Crippen molar-refractivity contribution in [1.82, 2.24) is 10.2 Å². The van der Waals surface area contributed by atoms with Crippen molar-refractivity contribution in [2.45, 2.75) is 56.9 Å². The molecule has 1 aliphatic carbocycles. The summed E-state index contributed by atoms with van der Waals surface area (Å²) >= 11 is 1.70. The van der Waals surface area contributed by atoms with Gasteiger partial charge in [-0.15, -0.1) is 11.8 Å². The minimum absolute atomic E-state index is 0.00319. The van der Waals surface area contributed by atoms with Gasteiger partial charge in [0, 0.05) is 17.9 Å². The molecule has 1 N–H and O–H groups in total. The zero-order valence-corrected chi connectivity index (χ0v) is 16.1. The van der Waals surface area contributed by atoms with E-state index in [1.54, 1.807) is 28.8 Å². The van der Waals surface area contributed by atoms with Crippen LogP contribution >= 0.6 is 11.8 Å². The van der Waals surface area contributed by atoms with Crippen molar-refractivity contribution in [3.05, 3.63) is 35.6 Å². The van der Waals surface area contributed by atoms with E-state index in [2.05, 4.69) is 5.32 Å². The number of nitrogens with one attached hydrogen (secondary N) is 1. The summed E-state index contributed by atoms with van der Waals surface area (Å²) in [5, 5.41) is 2.93. The van der Waals surface area contributed by atoms with Gasteiger partial charge in [0.05, 0.1) is 5.37 Å². The second kappa shape index (κ2) is 8.89. The third-order valence-electron chi connectivity index (χ3n) is 5.25. The quantitative estimate of drug-likeness (QED) is 0.847. The number of rotatable bonds is 5. The zero-order valence-electron chi connectivity index (χ0n) is 15.2. The Morgan fingerprint density at radius 2 is 2.04 bits per heavy atom. The Bertz CT molecular complexity index is 648. The van der Waals surface area contributed by atoms with E-state index >= 15 is 0 Å². The van der Waals surface area contributed by atoms with Gasteiger partial charge in [-0.2, -0.15) is 0 Å². The number of thioether (sulfide) groups is 1. The Morgan fingerprint density at radius 1 is 1.27 bits per heavy atom. The van der Waals surface area contributed by atoms with Crippen molar-refractivity contribution in [2.75, 3.05) is 12.3 Å². The summed E-state index contributed by atoms with van der Waals surface area (Å²) in [4.78, 5) is 27.6. The lowest BCUT2D eigenvalue weighted by Crippen LogP contribution is -2.51. The van der Waals surface area contributed by atoms with Crippen LogP contribution in [-0.2, 0) is 4.79 Å². The third kappa shape index (κ3) is 4.22. The van der Waals surface area contributed by atoms with E-state index in [0.29, 0.717) is 23.8 Å². The smallest absolute Gasteiger partial charge is 0.255 e. The third-order valence-corrected chi connectivity index (χ3v) is 6.71. The summed E-state index contributed by atoms with van der Waals surface area (Å²) in [7, 11) is 0. The van der Waals surface area contributed by atoms with E-state index in [4.69, 9.17) is 0 Å². The highest BCUT2D eigenvalue weighted by molar-refractivity contribution is 8.00. The highest BCUT2D eigenvalue weighted by atomic mass is 32.2. The van der Waals surface area contributed by atoms with E-state index in [9.17, 15) is 14.0 Å². The van der Waals surface area contributed by atoms with Gasteiger partial charge in [-0.3, -0.25) is 9.59 Å². The lowest BCUT2D eigenvalue weighted by molar-refractivity contribution is -0.125. The van der Waals surface area contributed by atoms with Crippen LogP contribution in [0.3, 0.4) is 0 Å². The number of nitrogens with zero attached hydrogens (tertiary/aromatic N) is 1. The van der Waals surface area contributed by atoms with E-state index in [1.165, 1.54) is 31.4 Å². The summed E-state index contributed by atoms with van der Waals surface area (Å²) in [6.07, 6.45) is 6.64. The fraction of sp³-hybridized carbons (Fsp3) is 0.600. The molecule has 0 radical (unpaired) electrons. The fourth-order valence-electron chi connectivity index (χ4n) is 3.91. The monoisotopic (exact) mass is 378 g/mol. The van der Waals surface area contributed by atoms with Crippen LogP contribution in [0.25, 0.3) is 0 Å². The standard InChI is InChI=1S/C20H27FN2O2S/c1-2-11-22-18(24)17-13-26-20(14-7-4-3-5-8-14)23(17)19(25)15-9-6-10-16(21)12-15/h6,9-10,12,14,17,20H,2-5,7-8,11,13H2,1H3,(H,22,24)/t17-,20+/m0/s1. The summed E-state index contributed by atoms with van der Waals surface area (Å²) < 4.78 is 13.6. The Morgan fingerprint density at radius 3 is 2.73 bits per heavy atom. The number of carbonyl (C=O) groups excluding carboxylic acids is 2. The van der Waals surface area contributed by atoms with Gasteiger partial charge in [0.2, 0.25) is 5.91 Å². The van der Waals surface area contributed by atoms with Crippen molar-refractivity contribution in [3.63, 3.8) is 0 Å². The predicted molar refractivity (Wildman–Crippen MR) is 102 cm³/mol.